The molecule has 0 aromatic carbocycles. The Morgan fingerprint density at radius 2 is 1.00 bits per heavy atom. The molecule has 0 fully saturated rings. The van der Waals surface area contributed by atoms with E-state index in [2.05, 4.69) is 43.1 Å². The van der Waals surface area contributed by atoms with Gasteiger partial charge in [0.2, 0.25) is 0 Å². The number of unbranched alkanes of at least 4 members (excludes halogenated alkanes) is 18. The average molecular weight is 655 g/mol. The van der Waals surface area contributed by atoms with Crippen molar-refractivity contribution < 1.29 is 13.3 Å². The summed E-state index contributed by atoms with van der Waals surface area (Å²) >= 11 is 9.50. The molecule has 1 atom stereocenters. The van der Waals surface area contributed by atoms with Crippen LogP contribution < -0.4 is 0 Å². The molecular weight excluding hydrogens is 589 g/mol. The number of rotatable bonds is 30. The van der Waals surface area contributed by atoms with Gasteiger partial charge in [-0.3, -0.25) is 0 Å². The molecule has 0 heterocycles. The van der Waals surface area contributed by atoms with Crippen LogP contribution in [-0.4, -0.2) is 34.4 Å². The minimum absolute atomic E-state index is 0.561. The Labute approximate surface area is 266 Å². The van der Waals surface area contributed by atoms with Crippen LogP contribution in [0, 0.1) is 0 Å². The van der Waals surface area contributed by atoms with Gasteiger partial charge in [0.05, 0.1) is 0 Å². The quantitative estimate of drug-likeness (QED) is 0.0265. The maximum atomic E-state index is 6.22. The zero-order valence-electron chi connectivity index (χ0n) is 26.9. The Morgan fingerprint density at radius 1 is 0.625 bits per heavy atom. The highest BCUT2D eigenvalue weighted by atomic mass is 33.7. The van der Waals surface area contributed by atoms with Crippen molar-refractivity contribution in [1.29, 1.82) is 0 Å². The van der Waals surface area contributed by atoms with Gasteiger partial charge in [-0.2, -0.15) is 0 Å². The number of hydrogen-bond acceptors (Lipinski definition) is 6. The van der Waals surface area contributed by atoms with E-state index in [1.807, 2.05) is 20.8 Å². The van der Waals surface area contributed by atoms with Crippen LogP contribution in [0.4, 0.5) is 0 Å². The van der Waals surface area contributed by atoms with Crippen molar-refractivity contribution in [3.8, 4) is 0 Å². The van der Waals surface area contributed by atoms with Gasteiger partial charge in [0.25, 0.3) is 0 Å². The molecule has 0 spiro atoms. The Balaban J connectivity index is 4.26. The average Bonchev–Trinajstić information content (AvgIpc) is 2.95. The second-order valence-electron chi connectivity index (χ2n) is 10.7. The fourth-order valence-corrected chi connectivity index (χ4v) is 12.1. The van der Waals surface area contributed by atoms with Crippen molar-refractivity contribution in [2.24, 2.45) is 0 Å². The van der Waals surface area contributed by atoms with Crippen molar-refractivity contribution >= 4 is 50.0 Å². The maximum Gasteiger partial charge on any atom is 0.537 e. The van der Waals surface area contributed by atoms with Gasteiger partial charge in [0, 0.05) is 25.0 Å². The molecule has 240 valence electrons. The van der Waals surface area contributed by atoms with Crippen LogP contribution in [-0.2, 0) is 13.3 Å². The highest BCUT2D eigenvalue weighted by molar-refractivity contribution is 9.34. The lowest BCUT2D eigenvalue weighted by Gasteiger charge is -2.33. The SMILES string of the molecule is CCCCCCCCCCCCCCCCCCCCC=CC(=CS(S)(CC)SS)[Si](OCC)(OCC)OCC. The standard InChI is InChI=1S/C32H66O3S4Si/c1-6-11-12-13-14-15-16-17-18-19-20-21-22-23-24-25-26-27-28-29-30-32(31-39(37,10-5)38-36)40(33-7-2,34-8-3)35-9-4/h29-31,36-37H,6-28H2,1-5H3. The molecule has 0 bridgehead atoms. The first-order valence-corrected chi connectivity index (χ1v) is 23.7. The second kappa shape index (κ2) is 28.7. The highest BCUT2D eigenvalue weighted by Crippen LogP contribution is 2.67. The summed E-state index contributed by atoms with van der Waals surface area (Å²) in [5, 5.41) is 3.27. The van der Waals surface area contributed by atoms with Gasteiger partial charge in [-0.15, -0.1) is 31.4 Å². The van der Waals surface area contributed by atoms with Crippen molar-refractivity contribution in [3.05, 3.63) is 22.8 Å². The van der Waals surface area contributed by atoms with Crippen molar-refractivity contribution in [3.63, 3.8) is 0 Å². The van der Waals surface area contributed by atoms with Gasteiger partial charge in [0.15, 0.2) is 0 Å². The van der Waals surface area contributed by atoms with Crippen LogP contribution in [0.25, 0.3) is 0 Å². The fourth-order valence-electron chi connectivity index (χ4n) is 4.89. The number of hydrogen-bond donors (Lipinski definition) is 2. The molecular formula is C32H66O3S4Si. The highest BCUT2D eigenvalue weighted by Gasteiger charge is 2.45. The molecule has 0 radical (unpaired) electrons. The normalized spacial score (nSPS) is 15.1. The number of allylic oxidation sites excluding steroid dienone is 3. The molecule has 1 unspecified atom stereocenters. The smallest absolute Gasteiger partial charge is 0.370 e. The summed E-state index contributed by atoms with van der Waals surface area (Å²) < 4.78 is 18.7. The van der Waals surface area contributed by atoms with Crippen LogP contribution in [0.3, 0.4) is 0 Å². The minimum Gasteiger partial charge on any atom is -0.370 e. The zero-order chi connectivity index (χ0) is 29.8. The van der Waals surface area contributed by atoms with E-state index < -0.39 is 16.9 Å². The monoisotopic (exact) mass is 654 g/mol. The van der Waals surface area contributed by atoms with E-state index in [9.17, 15) is 0 Å². The molecule has 0 saturated carbocycles. The third-order valence-electron chi connectivity index (χ3n) is 7.23. The van der Waals surface area contributed by atoms with Gasteiger partial charge in [-0.25, -0.2) is 0 Å². The Kier molecular flexibility index (Phi) is 29.4. The van der Waals surface area contributed by atoms with E-state index in [1.165, 1.54) is 125 Å². The molecule has 0 aliphatic carbocycles. The van der Waals surface area contributed by atoms with Gasteiger partial charge in [0.1, 0.15) is 0 Å². The lowest BCUT2D eigenvalue weighted by molar-refractivity contribution is 0.0818. The predicted octanol–water partition coefficient (Wildman–Crippen LogP) is 12.6. The summed E-state index contributed by atoms with van der Waals surface area (Å²) in [7, 11) is -2.83. The van der Waals surface area contributed by atoms with Crippen LogP contribution in [0.2, 0.25) is 0 Å². The largest absolute Gasteiger partial charge is 0.537 e. The third-order valence-corrected chi connectivity index (χ3v) is 19.2. The van der Waals surface area contributed by atoms with Crippen LogP contribution >= 0.6 is 41.2 Å². The summed E-state index contributed by atoms with van der Waals surface area (Å²) in [6.45, 7) is 12.2. The van der Waals surface area contributed by atoms with E-state index >= 15 is 0 Å². The Morgan fingerprint density at radius 3 is 1.32 bits per heavy atom. The van der Waals surface area contributed by atoms with Crippen molar-refractivity contribution in [1.82, 2.24) is 0 Å². The molecule has 8 heteroatoms. The van der Waals surface area contributed by atoms with Crippen molar-refractivity contribution in [2.45, 2.75) is 157 Å². The van der Waals surface area contributed by atoms with E-state index in [0.29, 0.717) is 19.8 Å². The molecule has 0 rings (SSSR count). The summed E-state index contributed by atoms with van der Waals surface area (Å²) in [5.74, 6) is 0.926. The van der Waals surface area contributed by atoms with Gasteiger partial charge in [-0.1, -0.05) is 135 Å². The summed E-state index contributed by atoms with van der Waals surface area (Å²) in [5.41, 5.74) is 0. The topological polar surface area (TPSA) is 27.7 Å². The van der Waals surface area contributed by atoms with Gasteiger partial charge >= 0.3 is 8.80 Å². The molecule has 0 aromatic heterocycles. The lowest BCUT2D eigenvalue weighted by Crippen LogP contribution is -2.48. The predicted molar refractivity (Wildman–Crippen MR) is 195 cm³/mol. The molecule has 0 saturated heterocycles. The maximum absolute atomic E-state index is 6.22. The van der Waals surface area contributed by atoms with Gasteiger partial charge in [-0.05, 0) is 54.6 Å². The van der Waals surface area contributed by atoms with E-state index in [4.69, 9.17) is 24.9 Å². The van der Waals surface area contributed by atoms with Crippen LogP contribution in [0.5, 0.6) is 0 Å². The van der Waals surface area contributed by atoms with E-state index in [1.54, 1.807) is 0 Å². The molecule has 0 N–H and O–H groups in total. The fraction of sp³-hybridized carbons (Fsp3) is 0.875. The van der Waals surface area contributed by atoms with E-state index in [-0.39, 0.29) is 0 Å². The Hall–Kier alpha value is 0.977. The lowest BCUT2D eigenvalue weighted by atomic mass is 10.0. The van der Waals surface area contributed by atoms with Gasteiger partial charge < -0.3 is 13.3 Å². The molecule has 0 aliphatic rings. The van der Waals surface area contributed by atoms with Crippen LogP contribution in [0.1, 0.15) is 157 Å². The van der Waals surface area contributed by atoms with Crippen LogP contribution in [0.15, 0.2) is 22.8 Å². The van der Waals surface area contributed by atoms with E-state index in [0.717, 1.165) is 17.4 Å². The molecule has 40 heavy (non-hydrogen) atoms. The number of thiol groups is 2. The summed E-state index contributed by atoms with van der Waals surface area (Å²) in [6.07, 6.45) is 30.9. The summed E-state index contributed by atoms with van der Waals surface area (Å²) in [6, 6.07) is 0. The minimum atomic E-state index is -2.98. The Bertz CT molecular complexity index is 598. The summed E-state index contributed by atoms with van der Waals surface area (Å²) in [4.78, 5) is 0. The second-order valence-corrected chi connectivity index (χ2v) is 21.8. The first-order chi connectivity index (χ1) is 19.5. The molecule has 0 amide bonds. The van der Waals surface area contributed by atoms with Crippen molar-refractivity contribution in [2.75, 3.05) is 25.6 Å². The molecule has 0 aromatic rings. The first-order valence-electron chi connectivity index (χ1n) is 16.6. The first kappa shape index (κ1) is 41.0. The molecule has 0 aliphatic heterocycles. The molecule has 3 nitrogen and oxygen atoms in total. The zero-order valence-corrected chi connectivity index (χ0v) is 31.4. The third kappa shape index (κ3) is 20.8.